The minimum absolute atomic E-state index is 0.100. The summed E-state index contributed by atoms with van der Waals surface area (Å²) in [7, 11) is 0. The van der Waals surface area contributed by atoms with E-state index in [1.54, 1.807) is 25.1 Å². The first-order valence-corrected chi connectivity index (χ1v) is 6.43. The van der Waals surface area contributed by atoms with Gasteiger partial charge in [-0.2, -0.15) is 0 Å². The predicted octanol–water partition coefficient (Wildman–Crippen LogP) is 1.77. The molecule has 106 valence electrons. The molecule has 0 radical (unpaired) electrons. The first-order chi connectivity index (χ1) is 10.1. The number of fused-ring (bicyclic) bond motifs is 3. The van der Waals surface area contributed by atoms with E-state index >= 15 is 0 Å². The third kappa shape index (κ3) is 2.20. The Morgan fingerprint density at radius 3 is 2.76 bits per heavy atom. The van der Waals surface area contributed by atoms with Crippen LogP contribution in [0.2, 0.25) is 0 Å². The van der Waals surface area contributed by atoms with Crippen molar-refractivity contribution in [1.29, 1.82) is 5.41 Å². The van der Waals surface area contributed by atoms with E-state index in [1.807, 2.05) is 0 Å². The highest BCUT2D eigenvalue weighted by Crippen LogP contribution is 2.23. The maximum absolute atomic E-state index is 11.9. The van der Waals surface area contributed by atoms with Crippen molar-refractivity contribution in [3.8, 4) is 0 Å². The van der Waals surface area contributed by atoms with Crippen LogP contribution in [0.15, 0.2) is 44.0 Å². The lowest BCUT2D eigenvalue weighted by atomic mass is 10.1. The monoisotopic (exact) mass is 284 g/mol. The Bertz CT molecular complexity index is 969. The van der Waals surface area contributed by atoms with Crippen molar-refractivity contribution in [2.24, 2.45) is 0 Å². The maximum atomic E-state index is 11.9. The van der Waals surface area contributed by atoms with Crippen molar-refractivity contribution >= 4 is 27.8 Å². The second-order valence-corrected chi connectivity index (χ2v) is 4.50. The molecule has 1 aromatic carbocycles. The van der Waals surface area contributed by atoms with E-state index in [-0.39, 0.29) is 11.1 Å². The van der Waals surface area contributed by atoms with Crippen LogP contribution in [0.4, 0.5) is 0 Å². The smallest absolute Gasteiger partial charge is 0.336 e. The van der Waals surface area contributed by atoms with Crippen LogP contribution >= 0.6 is 0 Å². The summed E-state index contributed by atoms with van der Waals surface area (Å²) in [6, 6.07) is 7.89. The van der Waals surface area contributed by atoms with Gasteiger partial charge in [-0.3, -0.25) is 10.2 Å². The quantitative estimate of drug-likeness (QED) is 0.553. The molecule has 0 bridgehead atoms. The molecule has 0 aliphatic heterocycles. The Hall–Kier alpha value is -2.89. The van der Waals surface area contributed by atoms with Crippen molar-refractivity contribution < 1.29 is 13.6 Å². The summed E-state index contributed by atoms with van der Waals surface area (Å²) in [5.41, 5.74) is 0.114. The molecule has 6 nitrogen and oxygen atoms in total. The molecule has 21 heavy (non-hydrogen) atoms. The first-order valence-electron chi connectivity index (χ1n) is 6.43. The van der Waals surface area contributed by atoms with Gasteiger partial charge in [0.1, 0.15) is 16.7 Å². The van der Waals surface area contributed by atoms with Crippen LogP contribution < -0.4 is 16.5 Å². The van der Waals surface area contributed by atoms with Crippen LogP contribution in [-0.4, -0.2) is 12.5 Å². The molecule has 6 heteroatoms. The molecular weight excluding hydrogens is 272 g/mol. The molecule has 3 rings (SSSR count). The average molecular weight is 284 g/mol. The normalized spacial score (nSPS) is 10.9. The Labute approximate surface area is 118 Å². The van der Waals surface area contributed by atoms with E-state index in [9.17, 15) is 9.59 Å². The van der Waals surface area contributed by atoms with E-state index in [4.69, 9.17) is 14.2 Å². The first kappa shape index (κ1) is 13.1. The molecule has 0 spiro atoms. The Morgan fingerprint density at radius 1 is 1.24 bits per heavy atom. The molecular formula is C15H12N2O4. The standard InChI is InChI=1S/C15H12N2O4/c1-2-17-15(19)10-7-9-11(20-14(10)16)5-3-8-4-6-12(18)21-13(8)9/h3-7,16H,2H2,1H3,(H,17,19). The molecule has 2 N–H and O–H groups in total. The number of hydrogen-bond acceptors (Lipinski definition) is 5. The highest BCUT2D eigenvalue weighted by atomic mass is 16.4. The molecule has 0 unspecified atom stereocenters. The molecule has 0 saturated heterocycles. The highest BCUT2D eigenvalue weighted by Gasteiger charge is 2.13. The fourth-order valence-electron chi connectivity index (χ4n) is 2.16. The van der Waals surface area contributed by atoms with E-state index in [1.165, 1.54) is 12.1 Å². The fraction of sp³-hybridized carbons (Fsp3) is 0.133. The number of hydrogen-bond donors (Lipinski definition) is 2. The Morgan fingerprint density at radius 2 is 2.00 bits per heavy atom. The summed E-state index contributed by atoms with van der Waals surface area (Å²) in [4.78, 5) is 23.3. The summed E-state index contributed by atoms with van der Waals surface area (Å²) in [5.74, 6) is -0.400. The lowest BCUT2D eigenvalue weighted by molar-refractivity contribution is 0.0951. The molecule has 0 aliphatic rings. The van der Waals surface area contributed by atoms with Gasteiger partial charge in [0.05, 0.1) is 5.39 Å². The number of rotatable bonds is 2. The summed E-state index contributed by atoms with van der Waals surface area (Å²) < 4.78 is 10.6. The second kappa shape index (κ2) is 4.90. The van der Waals surface area contributed by atoms with Crippen LogP contribution in [0.5, 0.6) is 0 Å². The highest BCUT2D eigenvalue weighted by molar-refractivity contribution is 6.04. The zero-order chi connectivity index (χ0) is 15.0. The molecule has 1 amide bonds. The molecule has 3 aromatic rings. The van der Waals surface area contributed by atoms with E-state index in [2.05, 4.69) is 5.32 Å². The van der Waals surface area contributed by atoms with Gasteiger partial charge in [-0.25, -0.2) is 4.79 Å². The Balaban J connectivity index is 2.38. The van der Waals surface area contributed by atoms with Crippen molar-refractivity contribution in [3.05, 3.63) is 51.9 Å². The minimum atomic E-state index is -0.482. The Kier molecular flexibility index (Phi) is 3.06. The van der Waals surface area contributed by atoms with Crippen LogP contribution in [0.1, 0.15) is 17.3 Å². The van der Waals surface area contributed by atoms with E-state index in [0.29, 0.717) is 23.1 Å². The van der Waals surface area contributed by atoms with Gasteiger partial charge < -0.3 is 14.2 Å². The topological polar surface area (TPSA) is 96.3 Å². The van der Waals surface area contributed by atoms with Crippen molar-refractivity contribution in [2.45, 2.75) is 6.92 Å². The van der Waals surface area contributed by atoms with Crippen molar-refractivity contribution in [2.75, 3.05) is 6.54 Å². The van der Waals surface area contributed by atoms with Crippen molar-refractivity contribution in [1.82, 2.24) is 5.32 Å². The minimum Gasteiger partial charge on any atom is -0.438 e. The predicted molar refractivity (Wildman–Crippen MR) is 76.1 cm³/mol. The van der Waals surface area contributed by atoms with Gasteiger partial charge in [0, 0.05) is 18.0 Å². The van der Waals surface area contributed by atoms with Crippen LogP contribution in [0.3, 0.4) is 0 Å². The van der Waals surface area contributed by atoms with Gasteiger partial charge in [-0.05, 0) is 31.2 Å². The van der Waals surface area contributed by atoms with Crippen LogP contribution in [-0.2, 0) is 0 Å². The molecule has 2 aromatic heterocycles. The van der Waals surface area contributed by atoms with Gasteiger partial charge in [0.2, 0.25) is 5.55 Å². The van der Waals surface area contributed by atoms with Gasteiger partial charge in [-0.1, -0.05) is 0 Å². The molecule has 2 heterocycles. The number of amides is 1. The van der Waals surface area contributed by atoms with Gasteiger partial charge >= 0.3 is 5.63 Å². The fourth-order valence-corrected chi connectivity index (χ4v) is 2.16. The summed E-state index contributed by atoms with van der Waals surface area (Å²) in [6.07, 6.45) is 0. The molecule has 0 fully saturated rings. The number of carbonyl (C=O) groups is 1. The van der Waals surface area contributed by atoms with Crippen LogP contribution in [0.25, 0.3) is 21.9 Å². The SMILES string of the molecule is CCNC(=O)c1cc2c(ccc3ccc(=O)oc32)oc1=N. The zero-order valence-electron chi connectivity index (χ0n) is 11.2. The van der Waals surface area contributed by atoms with Crippen LogP contribution in [0, 0.1) is 5.41 Å². The summed E-state index contributed by atoms with van der Waals surface area (Å²) in [6.45, 7) is 2.23. The van der Waals surface area contributed by atoms with E-state index < -0.39 is 11.5 Å². The number of benzene rings is 1. The third-order valence-corrected chi connectivity index (χ3v) is 3.12. The van der Waals surface area contributed by atoms with Gasteiger partial charge in [0.25, 0.3) is 5.91 Å². The molecule has 0 atom stereocenters. The lowest BCUT2D eigenvalue weighted by Crippen LogP contribution is -2.27. The number of carbonyl (C=O) groups excluding carboxylic acids is 1. The summed E-state index contributed by atoms with van der Waals surface area (Å²) >= 11 is 0. The second-order valence-electron chi connectivity index (χ2n) is 4.50. The largest absolute Gasteiger partial charge is 0.438 e. The van der Waals surface area contributed by atoms with Crippen molar-refractivity contribution in [3.63, 3.8) is 0 Å². The maximum Gasteiger partial charge on any atom is 0.336 e. The lowest BCUT2D eigenvalue weighted by Gasteiger charge is -2.05. The third-order valence-electron chi connectivity index (χ3n) is 3.12. The van der Waals surface area contributed by atoms with E-state index in [0.717, 1.165) is 5.39 Å². The summed E-state index contributed by atoms with van der Waals surface area (Å²) in [5, 5.41) is 11.6. The average Bonchev–Trinajstić information content (AvgIpc) is 2.46. The number of nitrogens with one attached hydrogen (secondary N) is 2. The molecule has 0 saturated carbocycles. The molecule has 0 aliphatic carbocycles. The van der Waals surface area contributed by atoms with Gasteiger partial charge in [-0.15, -0.1) is 0 Å². The van der Waals surface area contributed by atoms with Gasteiger partial charge in [0.15, 0.2) is 0 Å². The zero-order valence-corrected chi connectivity index (χ0v) is 11.2.